The Balaban J connectivity index is 0.00000361. The van der Waals surface area contributed by atoms with Gasteiger partial charge in [0.2, 0.25) is 0 Å². The average molecular weight is 313 g/mol. The third-order valence-electron chi connectivity index (χ3n) is 2.03. The third-order valence-corrected chi connectivity index (χ3v) is 2.03. The lowest BCUT2D eigenvalue weighted by atomic mass is 10.1. The molecule has 4 nitrogen and oxygen atoms in total. The van der Waals surface area contributed by atoms with E-state index in [0.717, 1.165) is 12.1 Å². The lowest BCUT2D eigenvalue weighted by Gasteiger charge is -2.19. The molecule has 0 atom stereocenters. The van der Waals surface area contributed by atoms with Crippen LogP contribution in [0.25, 0.3) is 0 Å². The molecule has 0 saturated carbocycles. The number of nitrogens with one attached hydrogen (secondary N) is 1. The standard InChI is InChI=1S/C12H15F3N2O2.ClH/c1-11(2,16)7-17-10(18)8-4-3-5-9(6-8)19-12(13,14)15;/h3-6H,7,16H2,1-2H3,(H,17,18);1H. The third kappa shape index (κ3) is 7.20. The predicted octanol–water partition coefficient (Wildman–Crippen LogP) is 2.47. The van der Waals surface area contributed by atoms with E-state index in [9.17, 15) is 18.0 Å². The summed E-state index contributed by atoms with van der Waals surface area (Å²) < 4.78 is 39.9. The number of carbonyl (C=O) groups is 1. The highest BCUT2D eigenvalue weighted by atomic mass is 35.5. The zero-order valence-corrected chi connectivity index (χ0v) is 11.8. The number of amides is 1. The summed E-state index contributed by atoms with van der Waals surface area (Å²) in [5.41, 5.74) is 5.16. The summed E-state index contributed by atoms with van der Waals surface area (Å²) in [6, 6.07) is 4.84. The Hall–Kier alpha value is -1.47. The van der Waals surface area contributed by atoms with Crippen LogP contribution in [0.2, 0.25) is 0 Å². The highest BCUT2D eigenvalue weighted by Crippen LogP contribution is 2.23. The van der Waals surface area contributed by atoms with E-state index in [1.54, 1.807) is 13.8 Å². The summed E-state index contributed by atoms with van der Waals surface area (Å²) in [5, 5.41) is 2.53. The van der Waals surface area contributed by atoms with Crippen LogP contribution in [0.4, 0.5) is 13.2 Å². The second-order valence-electron chi connectivity index (χ2n) is 4.75. The molecule has 1 aromatic carbocycles. The molecule has 0 aromatic heterocycles. The number of hydrogen-bond acceptors (Lipinski definition) is 3. The molecule has 0 fully saturated rings. The van der Waals surface area contributed by atoms with Gasteiger partial charge in [0.1, 0.15) is 5.75 Å². The minimum atomic E-state index is -4.78. The number of benzene rings is 1. The SMILES string of the molecule is CC(C)(N)CNC(=O)c1cccc(OC(F)(F)F)c1.Cl. The maximum absolute atomic E-state index is 12.0. The number of nitrogens with two attached hydrogens (primary N) is 1. The van der Waals surface area contributed by atoms with E-state index in [0.29, 0.717) is 0 Å². The number of carbonyl (C=O) groups excluding carboxylic acids is 1. The molecule has 0 aliphatic carbocycles. The fourth-order valence-electron chi connectivity index (χ4n) is 1.24. The van der Waals surface area contributed by atoms with Crippen molar-refractivity contribution in [2.75, 3.05) is 6.54 Å². The Labute approximate surface area is 120 Å². The van der Waals surface area contributed by atoms with Gasteiger partial charge < -0.3 is 15.8 Å². The monoisotopic (exact) mass is 312 g/mol. The van der Waals surface area contributed by atoms with Crippen LogP contribution in [-0.4, -0.2) is 24.4 Å². The Kier molecular flexibility index (Phi) is 6.31. The molecule has 8 heteroatoms. The van der Waals surface area contributed by atoms with Gasteiger partial charge in [0.05, 0.1) is 0 Å². The van der Waals surface area contributed by atoms with E-state index in [1.165, 1.54) is 12.1 Å². The van der Waals surface area contributed by atoms with Crippen LogP contribution in [0, 0.1) is 0 Å². The molecule has 0 aliphatic heterocycles. The van der Waals surface area contributed by atoms with Crippen LogP contribution in [0.15, 0.2) is 24.3 Å². The largest absolute Gasteiger partial charge is 0.573 e. The fourth-order valence-corrected chi connectivity index (χ4v) is 1.24. The number of rotatable bonds is 4. The first-order valence-corrected chi connectivity index (χ1v) is 5.50. The lowest BCUT2D eigenvalue weighted by molar-refractivity contribution is -0.274. The zero-order chi connectivity index (χ0) is 14.7. The van der Waals surface area contributed by atoms with E-state index in [4.69, 9.17) is 5.73 Å². The number of ether oxygens (including phenoxy) is 1. The average Bonchev–Trinajstić information content (AvgIpc) is 2.23. The quantitative estimate of drug-likeness (QED) is 0.897. The van der Waals surface area contributed by atoms with Crippen molar-refractivity contribution < 1.29 is 22.7 Å². The summed E-state index contributed by atoms with van der Waals surface area (Å²) in [4.78, 5) is 11.7. The molecule has 0 aliphatic rings. The molecule has 0 unspecified atom stereocenters. The molecule has 1 rings (SSSR count). The molecule has 114 valence electrons. The van der Waals surface area contributed by atoms with Gasteiger partial charge in [-0.15, -0.1) is 25.6 Å². The van der Waals surface area contributed by atoms with Crippen LogP contribution >= 0.6 is 12.4 Å². The van der Waals surface area contributed by atoms with Crippen molar-refractivity contribution in [3.63, 3.8) is 0 Å². The molecule has 0 spiro atoms. The Bertz CT molecular complexity index is 459. The summed E-state index contributed by atoms with van der Waals surface area (Å²) in [7, 11) is 0. The predicted molar refractivity (Wildman–Crippen MR) is 71.0 cm³/mol. The highest BCUT2D eigenvalue weighted by molar-refractivity contribution is 5.94. The molecule has 0 heterocycles. The van der Waals surface area contributed by atoms with Crippen molar-refractivity contribution in [3.8, 4) is 5.75 Å². The second kappa shape index (κ2) is 6.81. The van der Waals surface area contributed by atoms with Crippen molar-refractivity contribution >= 4 is 18.3 Å². The van der Waals surface area contributed by atoms with E-state index >= 15 is 0 Å². The van der Waals surface area contributed by atoms with Crippen LogP contribution < -0.4 is 15.8 Å². The first kappa shape index (κ1) is 18.5. The maximum atomic E-state index is 12.0. The fraction of sp³-hybridized carbons (Fsp3) is 0.417. The van der Waals surface area contributed by atoms with Crippen molar-refractivity contribution in [2.24, 2.45) is 5.73 Å². The minimum Gasteiger partial charge on any atom is -0.406 e. The Morgan fingerprint density at radius 2 is 1.95 bits per heavy atom. The van der Waals surface area contributed by atoms with Gasteiger partial charge in [-0.05, 0) is 32.0 Å². The summed E-state index contributed by atoms with van der Waals surface area (Å²) >= 11 is 0. The molecule has 3 N–H and O–H groups in total. The van der Waals surface area contributed by atoms with Gasteiger partial charge >= 0.3 is 6.36 Å². The molecule has 20 heavy (non-hydrogen) atoms. The summed E-state index contributed by atoms with van der Waals surface area (Å²) in [5.74, 6) is -0.946. The smallest absolute Gasteiger partial charge is 0.406 e. The molecule has 1 amide bonds. The van der Waals surface area contributed by atoms with Gasteiger partial charge in [0, 0.05) is 17.6 Å². The summed E-state index contributed by atoms with van der Waals surface area (Å²) in [6.45, 7) is 3.64. The Morgan fingerprint density at radius 3 is 2.45 bits per heavy atom. The molecule has 0 saturated heterocycles. The van der Waals surface area contributed by atoms with Gasteiger partial charge in [-0.2, -0.15) is 0 Å². The maximum Gasteiger partial charge on any atom is 0.573 e. The molecular weight excluding hydrogens is 297 g/mol. The Morgan fingerprint density at radius 1 is 1.35 bits per heavy atom. The zero-order valence-electron chi connectivity index (χ0n) is 11.0. The van der Waals surface area contributed by atoms with E-state index in [-0.39, 0.29) is 24.5 Å². The minimum absolute atomic E-state index is 0. The van der Waals surface area contributed by atoms with Crippen LogP contribution in [0.1, 0.15) is 24.2 Å². The molecule has 0 radical (unpaired) electrons. The van der Waals surface area contributed by atoms with E-state index in [1.807, 2.05) is 0 Å². The van der Waals surface area contributed by atoms with Crippen molar-refractivity contribution in [3.05, 3.63) is 29.8 Å². The molecule has 1 aromatic rings. The number of halogens is 4. The highest BCUT2D eigenvalue weighted by Gasteiger charge is 2.31. The van der Waals surface area contributed by atoms with Crippen LogP contribution in [0.5, 0.6) is 5.75 Å². The van der Waals surface area contributed by atoms with Gasteiger partial charge in [-0.25, -0.2) is 0 Å². The van der Waals surface area contributed by atoms with Crippen LogP contribution in [0.3, 0.4) is 0 Å². The molecule has 0 bridgehead atoms. The van der Waals surface area contributed by atoms with Crippen LogP contribution in [-0.2, 0) is 0 Å². The van der Waals surface area contributed by atoms with Gasteiger partial charge in [0.25, 0.3) is 5.91 Å². The molecular formula is C12H16ClF3N2O2. The normalized spacial score (nSPS) is 11.5. The van der Waals surface area contributed by atoms with Gasteiger partial charge in [-0.3, -0.25) is 4.79 Å². The van der Waals surface area contributed by atoms with E-state index < -0.39 is 23.6 Å². The van der Waals surface area contributed by atoms with Crippen molar-refractivity contribution in [2.45, 2.75) is 25.7 Å². The first-order chi connectivity index (χ1) is 8.57. The topological polar surface area (TPSA) is 64.3 Å². The van der Waals surface area contributed by atoms with Crippen molar-refractivity contribution in [1.82, 2.24) is 5.32 Å². The lowest BCUT2D eigenvalue weighted by Crippen LogP contribution is -2.45. The van der Waals surface area contributed by atoms with E-state index in [2.05, 4.69) is 10.1 Å². The number of hydrogen-bond donors (Lipinski definition) is 2. The van der Waals surface area contributed by atoms with Crippen molar-refractivity contribution in [1.29, 1.82) is 0 Å². The summed E-state index contributed by atoms with van der Waals surface area (Å²) in [6.07, 6.45) is -4.78. The number of alkyl halides is 3. The first-order valence-electron chi connectivity index (χ1n) is 5.50. The van der Waals surface area contributed by atoms with Gasteiger partial charge in [0.15, 0.2) is 0 Å². The van der Waals surface area contributed by atoms with Gasteiger partial charge in [-0.1, -0.05) is 6.07 Å². The second-order valence-corrected chi connectivity index (χ2v) is 4.75.